The zero-order valence-corrected chi connectivity index (χ0v) is 13.8. The van der Waals surface area contributed by atoms with Crippen LogP contribution in [0.25, 0.3) is 10.7 Å². The van der Waals surface area contributed by atoms with Crippen LogP contribution in [-0.4, -0.2) is 65.3 Å². The van der Waals surface area contributed by atoms with Gasteiger partial charge in [-0.2, -0.15) is 0 Å². The smallest absolute Gasteiger partial charge is 0.294 e. The molecule has 3 rings (SSSR count). The Kier molecular flexibility index (Phi) is 5.24. The summed E-state index contributed by atoms with van der Waals surface area (Å²) in [6.07, 6.45) is 0. The first kappa shape index (κ1) is 16.6. The van der Waals surface area contributed by atoms with Gasteiger partial charge in [0.2, 0.25) is 5.75 Å². The number of nitrogens with zero attached hydrogens (tertiary/aromatic N) is 2. The molecule has 24 heavy (non-hydrogen) atoms. The van der Waals surface area contributed by atoms with E-state index in [1.165, 1.54) is 11.3 Å². The van der Waals surface area contributed by atoms with Gasteiger partial charge in [-0.25, -0.2) is 4.98 Å². The molecule has 1 amide bonds. The molecule has 0 unspecified atom stereocenters. The van der Waals surface area contributed by atoms with Gasteiger partial charge in [0.25, 0.3) is 11.5 Å². The number of hydrogen-bond acceptors (Lipinski definition) is 7. The molecule has 0 bridgehead atoms. The Morgan fingerprint density at radius 2 is 2.25 bits per heavy atom. The number of hydrogen-bond donors (Lipinski definition) is 3. The van der Waals surface area contributed by atoms with Gasteiger partial charge in [0.05, 0.1) is 18.1 Å². The third kappa shape index (κ3) is 3.81. The zero-order chi connectivity index (χ0) is 16.9. The van der Waals surface area contributed by atoms with Gasteiger partial charge in [-0.1, -0.05) is 6.07 Å². The van der Waals surface area contributed by atoms with Crippen LogP contribution >= 0.6 is 11.3 Å². The number of aromatic nitrogens is 2. The SMILES string of the molecule is O=C(NCCN1CCOCC1)c1nc(-c2cccs2)[nH]c(=O)c1O. The van der Waals surface area contributed by atoms with Crippen LogP contribution < -0.4 is 10.9 Å². The van der Waals surface area contributed by atoms with Gasteiger partial charge in [-0.05, 0) is 11.4 Å². The van der Waals surface area contributed by atoms with Crippen molar-refractivity contribution < 1.29 is 14.6 Å². The molecule has 3 N–H and O–H groups in total. The van der Waals surface area contributed by atoms with Crippen molar-refractivity contribution in [2.45, 2.75) is 0 Å². The largest absolute Gasteiger partial charge is 0.501 e. The second kappa shape index (κ2) is 7.56. The van der Waals surface area contributed by atoms with Crippen LogP contribution in [0.4, 0.5) is 0 Å². The minimum absolute atomic E-state index is 0.260. The van der Waals surface area contributed by atoms with Gasteiger partial charge in [-0.3, -0.25) is 14.5 Å². The predicted octanol–water partition coefficient (Wildman–Crippen LogP) is 0.266. The van der Waals surface area contributed by atoms with Crippen LogP contribution in [-0.2, 0) is 4.74 Å². The summed E-state index contributed by atoms with van der Waals surface area (Å²) in [6.45, 7) is 4.11. The molecule has 0 spiro atoms. The Bertz CT molecular complexity index is 753. The Labute approximate surface area is 142 Å². The molecule has 2 aromatic rings. The monoisotopic (exact) mass is 350 g/mol. The average Bonchev–Trinajstić information content (AvgIpc) is 3.12. The van der Waals surface area contributed by atoms with Gasteiger partial charge in [0.1, 0.15) is 0 Å². The fraction of sp³-hybridized carbons (Fsp3) is 0.400. The van der Waals surface area contributed by atoms with Gasteiger partial charge in [0, 0.05) is 26.2 Å². The van der Waals surface area contributed by atoms with Crippen molar-refractivity contribution in [1.82, 2.24) is 20.2 Å². The molecule has 9 heteroatoms. The molecular formula is C15H18N4O4S. The molecule has 0 atom stereocenters. The van der Waals surface area contributed by atoms with Crippen LogP contribution in [0.1, 0.15) is 10.5 Å². The van der Waals surface area contributed by atoms with Crippen LogP contribution in [0.3, 0.4) is 0 Å². The Hall–Kier alpha value is -2.23. The number of thiophene rings is 1. The fourth-order valence-corrected chi connectivity index (χ4v) is 3.06. The minimum atomic E-state index is -0.730. The number of morpholine rings is 1. The number of carbonyl (C=O) groups excluding carboxylic acids is 1. The summed E-state index contributed by atoms with van der Waals surface area (Å²) in [4.78, 5) is 33.6. The molecular weight excluding hydrogens is 332 g/mol. The fourth-order valence-electron chi connectivity index (χ4n) is 2.39. The molecule has 3 heterocycles. The molecule has 2 aromatic heterocycles. The third-order valence-electron chi connectivity index (χ3n) is 3.68. The molecule has 1 aliphatic rings. The first-order valence-corrected chi connectivity index (χ1v) is 8.48. The van der Waals surface area contributed by atoms with Gasteiger partial charge in [-0.15, -0.1) is 11.3 Å². The van der Waals surface area contributed by atoms with Crippen LogP contribution in [0.15, 0.2) is 22.3 Å². The summed E-state index contributed by atoms with van der Waals surface area (Å²) >= 11 is 1.38. The van der Waals surface area contributed by atoms with Gasteiger partial charge in [0.15, 0.2) is 11.5 Å². The van der Waals surface area contributed by atoms with E-state index >= 15 is 0 Å². The lowest BCUT2D eigenvalue weighted by molar-refractivity contribution is 0.0383. The zero-order valence-electron chi connectivity index (χ0n) is 12.9. The summed E-state index contributed by atoms with van der Waals surface area (Å²) in [7, 11) is 0. The Balaban J connectivity index is 1.68. The topological polar surface area (TPSA) is 108 Å². The number of H-pyrrole nitrogens is 1. The highest BCUT2D eigenvalue weighted by Crippen LogP contribution is 2.21. The Morgan fingerprint density at radius 3 is 2.96 bits per heavy atom. The van der Waals surface area contributed by atoms with Crippen molar-refractivity contribution in [1.29, 1.82) is 0 Å². The van der Waals surface area contributed by atoms with Crippen LogP contribution in [0.5, 0.6) is 5.75 Å². The maximum absolute atomic E-state index is 12.3. The highest BCUT2D eigenvalue weighted by molar-refractivity contribution is 7.13. The Morgan fingerprint density at radius 1 is 1.46 bits per heavy atom. The first-order valence-electron chi connectivity index (χ1n) is 7.60. The summed E-state index contributed by atoms with van der Waals surface area (Å²) in [5.74, 6) is -0.963. The normalized spacial score (nSPS) is 15.3. The number of ether oxygens (including phenoxy) is 1. The van der Waals surface area contributed by atoms with E-state index < -0.39 is 17.2 Å². The lowest BCUT2D eigenvalue weighted by Gasteiger charge is -2.26. The third-order valence-corrected chi connectivity index (χ3v) is 4.56. The number of aromatic amines is 1. The van der Waals surface area contributed by atoms with E-state index in [2.05, 4.69) is 20.2 Å². The van der Waals surface area contributed by atoms with E-state index in [0.29, 0.717) is 26.3 Å². The molecule has 0 saturated carbocycles. The van der Waals surface area contributed by atoms with Crippen molar-refractivity contribution >= 4 is 17.2 Å². The second-order valence-electron chi connectivity index (χ2n) is 5.30. The van der Waals surface area contributed by atoms with E-state index in [-0.39, 0.29) is 11.5 Å². The molecule has 1 saturated heterocycles. The van der Waals surface area contributed by atoms with E-state index in [4.69, 9.17) is 4.74 Å². The molecule has 8 nitrogen and oxygen atoms in total. The second-order valence-corrected chi connectivity index (χ2v) is 6.25. The standard InChI is InChI=1S/C15H18N4O4S/c20-12-11(14(21)16-3-4-19-5-7-23-8-6-19)17-13(18-15(12)22)10-2-1-9-24-10/h1-2,9,20H,3-8H2,(H,16,21)(H,17,18,22). The predicted molar refractivity (Wildman–Crippen MR) is 89.4 cm³/mol. The van der Waals surface area contributed by atoms with Crippen LogP contribution in [0, 0.1) is 0 Å². The average molecular weight is 350 g/mol. The number of nitrogens with one attached hydrogen (secondary N) is 2. The maximum Gasteiger partial charge on any atom is 0.294 e. The van der Waals surface area contributed by atoms with Crippen molar-refractivity contribution in [3.63, 3.8) is 0 Å². The van der Waals surface area contributed by atoms with E-state index in [1.54, 1.807) is 6.07 Å². The molecule has 1 aliphatic heterocycles. The minimum Gasteiger partial charge on any atom is -0.501 e. The molecule has 0 aromatic carbocycles. The lowest BCUT2D eigenvalue weighted by atomic mass is 10.3. The van der Waals surface area contributed by atoms with Crippen molar-refractivity contribution in [3.8, 4) is 16.5 Å². The van der Waals surface area contributed by atoms with E-state index in [1.807, 2.05) is 11.4 Å². The number of amides is 1. The van der Waals surface area contributed by atoms with Crippen molar-refractivity contribution in [2.75, 3.05) is 39.4 Å². The molecule has 0 radical (unpaired) electrons. The quantitative estimate of drug-likeness (QED) is 0.714. The number of aromatic hydroxyl groups is 1. The summed E-state index contributed by atoms with van der Waals surface area (Å²) in [6, 6.07) is 3.59. The number of carbonyl (C=O) groups is 1. The molecule has 0 aliphatic carbocycles. The van der Waals surface area contributed by atoms with Gasteiger partial charge < -0.3 is 20.1 Å². The first-order chi connectivity index (χ1) is 11.6. The van der Waals surface area contributed by atoms with Crippen LogP contribution in [0.2, 0.25) is 0 Å². The molecule has 1 fully saturated rings. The number of rotatable bonds is 5. The summed E-state index contributed by atoms with van der Waals surface area (Å²) < 4.78 is 5.26. The highest BCUT2D eigenvalue weighted by atomic mass is 32.1. The van der Waals surface area contributed by atoms with E-state index in [0.717, 1.165) is 18.0 Å². The maximum atomic E-state index is 12.3. The van der Waals surface area contributed by atoms with Crippen molar-refractivity contribution in [2.24, 2.45) is 0 Å². The highest BCUT2D eigenvalue weighted by Gasteiger charge is 2.19. The van der Waals surface area contributed by atoms with Crippen molar-refractivity contribution in [3.05, 3.63) is 33.6 Å². The summed E-state index contributed by atoms with van der Waals surface area (Å²) in [5.41, 5.74) is -0.990. The molecule has 128 valence electrons. The summed E-state index contributed by atoms with van der Waals surface area (Å²) in [5, 5.41) is 14.4. The van der Waals surface area contributed by atoms with E-state index in [9.17, 15) is 14.7 Å². The van der Waals surface area contributed by atoms with Gasteiger partial charge >= 0.3 is 0 Å². The lowest BCUT2D eigenvalue weighted by Crippen LogP contribution is -2.41.